The summed E-state index contributed by atoms with van der Waals surface area (Å²) in [7, 11) is 0. The summed E-state index contributed by atoms with van der Waals surface area (Å²) in [6, 6.07) is -0.813. The lowest BCUT2D eigenvalue weighted by molar-refractivity contribution is -0.302. The topological polar surface area (TPSA) is 149 Å². The number of amides is 1. The van der Waals surface area contributed by atoms with Crippen molar-refractivity contribution in [2.45, 2.75) is 217 Å². The van der Waals surface area contributed by atoms with Crippen LogP contribution in [0.15, 0.2) is 60.8 Å². The summed E-state index contributed by atoms with van der Waals surface area (Å²) in [6.07, 6.45) is 41.1. The molecular formula is C47H83NO8. The van der Waals surface area contributed by atoms with Gasteiger partial charge in [-0.25, -0.2) is 0 Å². The lowest BCUT2D eigenvalue weighted by atomic mass is 9.99. The molecule has 1 rings (SSSR count). The second-order valence-electron chi connectivity index (χ2n) is 15.5. The van der Waals surface area contributed by atoms with Crippen molar-refractivity contribution < 1.29 is 39.8 Å². The van der Waals surface area contributed by atoms with Gasteiger partial charge < -0.3 is 40.3 Å². The largest absolute Gasteiger partial charge is 0.394 e. The quantitative estimate of drug-likeness (QED) is 0.0272. The Morgan fingerprint density at radius 3 is 1.64 bits per heavy atom. The molecule has 0 aromatic rings. The molecular weight excluding hydrogens is 707 g/mol. The lowest BCUT2D eigenvalue weighted by Gasteiger charge is -2.40. The highest BCUT2D eigenvalue weighted by molar-refractivity contribution is 5.76. The van der Waals surface area contributed by atoms with Crippen molar-refractivity contribution in [3.63, 3.8) is 0 Å². The maximum atomic E-state index is 12.9. The first-order valence-electron chi connectivity index (χ1n) is 22.5. The number of aliphatic hydroxyl groups excluding tert-OH is 5. The van der Waals surface area contributed by atoms with E-state index in [0.717, 1.165) is 83.5 Å². The molecule has 324 valence electrons. The van der Waals surface area contributed by atoms with Crippen LogP contribution in [0.4, 0.5) is 0 Å². The molecule has 7 atom stereocenters. The highest BCUT2D eigenvalue weighted by Crippen LogP contribution is 2.22. The van der Waals surface area contributed by atoms with Crippen LogP contribution in [-0.4, -0.2) is 87.5 Å². The summed E-state index contributed by atoms with van der Waals surface area (Å²) >= 11 is 0. The van der Waals surface area contributed by atoms with Gasteiger partial charge in [-0.3, -0.25) is 4.79 Å². The Morgan fingerprint density at radius 1 is 0.625 bits per heavy atom. The SMILES string of the molecule is CC/C=C\C/C=C\C/C=C\C/C=C\CCCCCCCCC(=O)NC(COC1OC(CO)C(O)C(O)C1O)C(O)/C=C/CCCCCCCCCCCCCC. The molecule has 1 aliphatic rings. The third-order valence-corrected chi connectivity index (χ3v) is 10.3. The van der Waals surface area contributed by atoms with Crippen LogP contribution >= 0.6 is 0 Å². The van der Waals surface area contributed by atoms with E-state index in [-0.39, 0.29) is 12.5 Å². The number of hydrogen-bond acceptors (Lipinski definition) is 8. The van der Waals surface area contributed by atoms with Gasteiger partial charge in [-0.05, 0) is 57.8 Å². The number of carbonyl (C=O) groups is 1. The van der Waals surface area contributed by atoms with Crippen molar-refractivity contribution in [1.82, 2.24) is 5.32 Å². The summed E-state index contributed by atoms with van der Waals surface area (Å²) in [5.74, 6) is -0.194. The molecule has 0 radical (unpaired) electrons. The monoisotopic (exact) mass is 790 g/mol. The number of unbranched alkanes of at least 4 members (excludes halogenated alkanes) is 18. The predicted molar refractivity (Wildman–Crippen MR) is 230 cm³/mol. The van der Waals surface area contributed by atoms with Crippen LogP contribution < -0.4 is 5.32 Å². The van der Waals surface area contributed by atoms with Crippen LogP contribution in [0.25, 0.3) is 0 Å². The smallest absolute Gasteiger partial charge is 0.220 e. The highest BCUT2D eigenvalue weighted by atomic mass is 16.7. The van der Waals surface area contributed by atoms with E-state index >= 15 is 0 Å². The summed E-state index contributed by atoms with van der Waals surface area (Å²) in [5, 5.41) is 54.1. The zero-order valence-electron chi connectivity index (χ0n) is 35.4. The number of rotatable bonds is 36. The van der Waals surface area contributed by atoms with E-state index in [4.69, 9.17) is 9.47 Å². The first kappa shape index (κ1) is 51.9. The zero-order chi connectivity index (χ0) is 40.9. The maximum Gasteiger partial charge on any atom is 0.220 e. The van der Waals surface area contributed by atoms with Gasteiger partial charge in [0.05, 0.1) is 25.4 Å². The molecule has 0 spiro atoms. The number of allylic oxidation sites excluding steroid dienone is 9. The Morgan fingerprint density at radius 2 is 1.11 bits per heavy atom. The van der Waals surface area contributed by atoms with E-state index in [9.17, 15) is 30.3 Å². The Kier molecular flexibility index (Phi) is 34.5. The minimum Gasteiger partial charge on any atom is -0.394 e. The number of hydrogen-bond donors (Lipinski definition) is 6. The van der Waals surface area contributed by atoms with Crippen molar-refractivity contribution in [2.24, 2.45) is 0 Å². The van der Waals surface area contributed by atoms with Crippen LogP contribution in [0.3, 0.4) is 0 Å². The second kappa shape index (κ2) is 37.2. The first-order valence-corrected chi connectivity index (χ1v) is 22.5. The van der Waals surface area contributed by atoms with Gasteiger partial charge in [0, 0.05) is 6.42 Å². The van der Waals surface area contributed by atoms with Crippen LogP contribution in [0.2, 0.25) is 0 Å². The lowest BCUT2D eigenvalue weighted by Crippen LogP contribution is -2.60. The molecule has 7 unspecified atom stereocenters. The van der Waals surface area contributed by atoms with E-state index in [2.05, 4.69) is 67.8 Å². The molecule has 56 heavy (non-hydrogen) atoms. The maximum absolute atomic E-state index is 12.9. The minimum absolute atomic E-state index is 0.194. The fraction of sp³-hybridized carbons (Fsp3) is 0.766. The number of carbonyl (C=O) groups excluding carboxylic acids is 1. The van der Waals surface area contributed by atoms with Crippen molar-refractivity contribution >= 4 is 5.91 Å². The molecule has 0 aromatic carbocycles. The summed E-state index contributed by atoms with van der Waals surface area (Å²) in [4.78, 5) is 12.9. The average molecular weight is 790 g/mol. The van der Waals surface area contributed by atoms with E-state index in [1.165, 1.54) is 70.6 Å². The van der Waals surface area contributed by atoms with E-state index in [0.29, 0.717) is 6.42 Å². The summed E-state index contributed by atoms with van der Waals surface area (Å²) in [5.41, 5.74) is 0. The number of aliphatic hydroxyl groups is 5. The Labute approximate surface area is 341 Å². The fourth-order valence-electron chi connectivity index (χ4n) is 6.73. The number of nitrogens with one attached hydrogen (secondary N) is 1. The highest BCUT2D eigenvalue weighted by Gasteiger charge is 2.44. The molecule has 0 aromatic heterocycles. The average Bonchev–Trinajstić information content (AvgIpc) is 3.20. The van der Waals surface area contributed by atoms with Gasteiger partial charge in [0.1, 0.15) is 24.4 Å². The fourth-order valence-corrected chi connectivity index (χ4v) is 6.73. The van der Waals surface area contributed by atoms with Gasteiger partial charge in [-0.15, -0.1) is 0 Å². The summed E-state index contributed by atoms with van der Waals surface area (Å²) in [6.45, 7) is 3.63. The molecule has 0 aliphatic carbocycles. The molecule has 9 nitrogen and oxygen atoms in total. The Bertz CT molecular complexity index is 1060. The Hall–Kier alpha value is -2.11. The van der Waals surface area contributed by atoms with Crippen LogP contribution in [-0.2, 0) is 14.3 Å². The third-order valence-electron chi connectivity index (χ3n) is 10.3. The first-order chi connectivity index (χ1) is 27.3. The zero-order valence-corrected chi connectivity index (χ0v) is 35.4. The number of ether oxygens (including phenoxy) is 2. The molecule has 1 amide bonds. The van der Waals surface area contributed by atoms with Gasteiger partial charge in [0.2, 0.25) is 5.91 Å². The summed E-state index contributed by atoms with van der Waals surface area (Å²) < 4.78 is 11.2. The van der Waals surface area contributed by atoms with Gasteiger partial charge in [-0.1, -0.05) is 171 Å². The molecule has 0 saturated carbocycles. The Balaban J connectivity index is 2.38. The standard InChI is InChI=1S/C47H83NO8/c1-3-5-7-9-11-13-15-17-19-20-21-22-23-25-27-29-31-33-35-37-43(51)48-40(39-55-47-46(54)45(53)44(52)42(38-49)56-47)41(50)36-34-32-30-28-26-24-18-16-14-12-10-8-6-4-2/h5,7,11,13,17,19,21-22,34,36,40-42,44-47,49-50,52-54H,3-4,6,8-10,12,14-16,18,20,23-33,35,37-39H2,1-2H3,(H,48,51)/b7-5-,13-11-,19-17-,22-21-,36-34+. The molecule has 1 aliphatic heterocycles. The molecule has 9 heteroatoms. The second-order valence-corrected chi connectivity index (χ2v) is 15.5. The van der Waals surface area contributed by atoms with Crippen LogP contribution in [0.1, 0.15) is 174 Å². The van der Waals surface area contributed by atoms with E-state index < -0.39 is 49.5 Å². The molecule has 1 saturated heterocycles. The van der Waals surface area contributed by atoms with E-state index in [1.54, 1.807) is 6.08 Å². The van der Waals surface area contributed by atoms with Crippen molar-refractivity contribution in [3.05, 3.63) is 60.8 Å². The van der Waals surface area contributed by atoms with Crippen molar-refractivity contribution in [2.75, 3.05) is 13.2 Å². The van der Waals surface area contributed by atoms with Gasteiger partial charge in [0.25, 0.3) is 0 Å². The molecule has 1 fully saturated rings. The van der Waals surface area contributed by atoms with Gasteiger partial charge >= 0.3 is 0 Å². The normalized spacial score (nSPS) is 21.7. The van der Waals surface area contributed by atoms with Crippen molar-refractivity contribution in [3.8, 4) is 0 Å². The van der Waals surface area contributed by atoms with Crippen LogP contribution in [0, 0.1) is 0 Å². The molecule has 1 heterocycles. The predicted octanol–water partition coefficient (Wildman–Crippen LogP) is 9.22. The van der Waals surface area contributed by atoms with E-state index in [1.807, 2.05) is 6.08 Å². The van der Waals surface area contributed by atoms with Gasteiger partial charge in [-0.2, -0.15) is 0 Å². The molecule has 0 bridgehead atoms. The van der Waals surface area contributed by atoms with Gasteiger partial charge in [0.15, 0.2) is 6.29 Å². The van der Waals surface area contributed by atoms with Crippen LogP contribution in [0.5, 0.6) is 0 Å². The third kappa shape index (κ3) is 27.5. The molecule has 6 N–H and O–H groups in total. The van der Waals surface area contributed by atoms with Crippen molar-refractivity contribution in [1.29, 1.82) is 0 Å². The minimum atomic E-state index is -1.57.